The van der Waals surface area contributed by atoms with Crippen LogP contribution in [0, 0.1) is 5.92 Å². The van der Waals surface area contributed by atoms with Crippen LogP contribution >= 0.6 is 11.3 Å². The molecule has 1 aromatic heterocycles. The molecule has 1 saturated carbocycles. The second-order valence-corrected chi connectivity index (χ2v) is 6.71. The Kier molecular flexibility index (Phi) is 4.55. The van der Waals surface area contributed by atoms with Gasteiger partial charge in [-0.1, -0.05) is 36.8 Å². The lowest BCUT2D eigenvalue weighted by atomic mass is 10.1. The number of aliphatic hydroxyl groups is 1. The zero-order valence-corrected chi connectivity index (χ0v) is 13.4. The molecule has 3 rings (SSSR count). The van der Waals surface area contributed by atoms with Gasteiger partial charge < -0.3 is 10.0 Å². The SMILES string of the molecule is CN(CC1CCCC1O)C(=O)c1csc(-c2ccccc2)n1. The van der Waals surface area contributed by atoms with E-state index in [-0.39, 0.29) is 17.9 Å². The molecule has 0 spiro atoms. The first-order chi connectivity index (χ1) is 10.6. The van der Waals surface area contributed by atoms with E-state index in [1.807, 2.05) is 35.7 Å². The third-order valence-corrected chi connectivity index (χ3v) is 5.11. The smallest absolute Gasteiger partial charge is 0.273 e. The van der Waals surface area contributed by atoms with Gasteiger partial charge in [-0.05, 0) is 12.8 Å². The van der Waals surface area contributed by atoms with Crippen LogP contribution in [0.1, 0.15) is 29.8 Å². The molecule has 1 amide bonds. The summed E-state index contributed by atoms with van der Waals surface area (Å²) in [5.41, 5.74) is 1.51. The number of aromatic nitrogens is 1. The van der Waals surface area contributed by atoms with Crippen molar-refractivity contribution in [3.8, 4) is 10.6 Å². The number of aliphatic hydroxyl groups excluding tert-OH is 1. The minimum absolute atomic E-state index is 0.0717. The molecule has 1 fully saturated rings. The van der Waals surface area contributed by atoms with E-state index in [4.69, 9.17) is 0 Å². The van der Waals surface area contributed by atoms with Gasteiger partial charge in [-0.2, -0.15) is 0 Å². The highest BCUT2D eigenvalue weighted by atomic mass is 32.1. The largest absolute Gasteiger partial charge is 0.393 e. The Balaban J connectivity index is 1.68. The molecule has 5 heteroatoms. The Morgan fingerprint density at radius 1 is 1.36 bits per heavy atom. The summed E-state index contributed by atoms with van der Waals surface area (Å²) in [5, 5.41) is 12.6. The fraction of sp³-hybridized carbons (Fsp3) is 0.412. The summed E-state index contributed by atoms with van der Waals surface area (Å²) in [6.07, 6.45) is 2.61. The van der Waals surface area contributed by atoms with Gasteiger partial charge in [-0.3, -0.25) is 4.79 Å². The van der Waals surface area contributed by atoms with Crippen molar-refractivity contribution in [1.29, 1.82) is 0 Å². The monoisotopic (exact) mass is 316 g/mol. The third-order valence-electron chi connectivity index (χ3n) is 4.22. The molecule has 1 heterocycles. The van der Waals surface area contributed by atoms with Gasteiger partial charge in [0.2, 0.25) is 0 Å². The van der Waals surface area contributed by atoms with Crippen molar-refractivity contribution >= 4 is 17.2 Å². The van der Waals surface area contributed by atoms with E-state index in [0.29, 0.717) is 12.2 Å². The summed E-state index contributed by atoms with van der Waals surface area (Å²) in [6.45, 7) is 0.595. The van der Waals surface area contributed by atoms with E-state index in [9.17, 15) is 9.90 Å². The Hall–Kier alpha value is -1.72. The van der Waals surface area contributed by atoms with Gasteiger partial charge in [0, 0.05) is 30.5 Å². The minimum Gasteiger partial charge on any atom is -0.393 e. The lowest BCUT2D eigenvalue weighted by molar-refractivity contribution is 0.0689. The van der Waals surface area contributed by atoms with Crippen LogP contribution in [-0.2, 0) is 0 Å². The van der Waals surface area contributed by atoms with Crippen molar-refractivity contribution in [1.82, 2.24) is 9.88 Å². The molecular weight excluding hydrogens is 296 g/mol. The number of rotatable bonds is 4. The lowest BCUT2D eigenvalue weighted by Crippen LogP contribution is -2.34. The summed E-state index contributed by atoms with van der Waals surface area (Å²) in [4.78, 5) is 18.6. The molecule has 0 bridgehead atoms. The molecule has 22 heavy (non-hydrogen) atoms. The van der Waals surface area contributed by atoms with E-state index in [2.05, 4.69) is 4.98 Å². The molecule has 1 aliphatic rings. The van der Waals surface area contributed by atoms with Crippen LogP contribution in [0.5, 0.6) is 0 Å². The fourth-order valence-corrected chi connectivity index (χ4v) is 3.75. The van der Waals surface area contributed by atoms with Crippen LogP contribution in [0.15, 0.2) is 35.7 Å². The van der Waals surface area contributed by atoms with Crippen molar-refractivity contribution in [2.24, 2.45) is 5.92 Å². The molecule has 0 saturated heterocycles. The highest BCUT2D eigenvalue weighted by Gasteiger charge is 2.28. The third kappa shape index (κ3) is 3.20. The first-order valence-corrected chi connectivity index (χ1v) is 8.47. The van der Waals surface area contributed by atoms with Gasteiger partial charge in [-0.25, -0.2) is 4.98 Å². The van der Waals surface area contributed by atoms with Crippen molar-refractivity contribution in [2.45, 2.75) is 25.4 Å². The molecule has 116 valence electrons. The van der Waals surface area contributed by atoms with Gasteiger partial charge >= 0.3 is 0 Å². The Morgan fingerprint density at radius 2 is 2.14 bits per heavy atom. The van der Waals surface area contributed by atoms with Crippen LogP contribution in [0.4, 0.5) is 0 Å². The average Bonchev–Trinajstić information content (AvgIpc) is 3.17. The van der Waals surface area contributed by atoms with Gasteiger partial charge in [0.05, 0.1) is 6.10 Å². The predicted octanol–water partition coefficient (Wildman–Crippen LogP) is 3.04. The number of carbonyl (C=O) groups is 1. The maximum Gasteiger partial charge on any atom is 0.273 e. The van der Waals surface area contributed by atoms with Gasteiger partial charge in [0.25, 0.3) is 5.91 Å². The van der Waals surface area contributed by atoms with Gasteiger partial charge in [-0.15, -0.1) is 11.3 Å². The quantitative estimate of drug-likeness (QED) is 0.943. The molecule has 0 radical (unpaired) electrons. The normalized spacial score (nSPS) is 21.0. The van der Waals surface area contributed by atoms with Crippen LogP contribution in [0.25, 0.3) is 10.6 Å². The average molecular weight is 316 g/mol. The summed E-state index contributed by atoms with van der Waals surface area (Å²) in [7, 11) is 1.79. The van der Waals surface area contributed by atoms with Gasteiger partial charge in [0.1, 0.15) is 10.7 Å². The Labute approximate surface area is 134 Å². The summed E-state index contributed by atoms with van der Waals surface area (Å²) < 4.78 is 0. The number of amides is 1. The molecule has 4 nitrogen and oxygen atoms in total. The highest BCUT2D eigenvalue weighted by molar-refractivity contribution is 7.13. The number of carbonyl (C=O) groups excluding carboxylic acids is 1. The molecule has 1 N–H and O–H groups in total. The summed E-state index contributed by atoms with van der Waals surface area (Å²) in [6, 6.07) is 9.87. The molecule has 1 aliphatic carbocycles. The molecule has 2 unspecified atom stereocenters. The van der Waals surface area contributed by atoms with E-state index in [1.54, 1.807) is 11.9 Å². The number of thiazole rings is 1. The van der Waals surface area contributed by atoms with Crippen molar-refractivity contribution in [2.75, 3.05) is 13.6 Å². The second kappa shape index (κ2) is 6.58. The first kappa shape index (κ1) is 15.2. The van der Waals surface area contributed by atoms with Crippen LogP contribution < -0.4 is 0 Å². The Bertz CT molecular complexity index is 641. The summed E-state index contributed by atoms with van der Waals surface area (Å²) >= 11 is 1.48. The molecule has 0 aliphatic heterocycles. The zero-order chi connectivity index (χ0) is 15.5. The first-order valence-electron chi connectivity index (χ1n) is 7.59. The minimum atomic E-state index is -0.273. The highest BCUT2D eigenvalue weighted by Crippen LogP contribution is 2.27. The predicted molar refractivity (Wildman–Crippen MR) is 87.9 cm³/mol. The van der Waals surface area contributed by atoms with Crippen molar-refractivity contribution in [3.05, 3.63) is 41.4 Å². The molecule has 2 atom stereocenters. The van der Waals surface area contributed by atoms with E-state index < -0.39 is 0 Å². The van der Waals surface area contributed by atoms with Crippen molar-refractivity contribution in [3.63, 3.8) is 0 Å². The number of nitrogens with zero attached hydrogens (tertiary/aromatic N) is 2. The van der Waals surface area contributed by atoms with E-state index in [1.165, 1.54) is 11.3 Å². The van der Waals surface area contributed by atoms with Crippen molar-refractivity contribution < 1.29 is 9.90 Å². The maximum absolute atomic E-state index is 12.5. The maximum atomic E-state index is 12.5. The second-order valence-electron chi connectivity index (χ2n) is 5.85. The van der Waals surface area contributed by atoms with E-state index >= 15 is 0 Å². The van der Waals surface area contributed by atoms with Crippen LogP contribution in [0.2, 0.25) is 0 Å². The summed E-state index contributed by atoms with van der Waals surface area (Å²) in [5.74, 6) is 0.124. The van der Waals surface area contributed by atoms with E-state index in [0.717, 1.165) is 29.8 Å². The molecular formula is C17H20N2O2S. The zero-order valence-electron chi connectivity index (χ0n) is 12.6. The molecule has 1 aromatic carbocycles. The lowest BCUT2D eigenvalue weighted by Gasteiger charge is -2.22. The Morgan fingerprint density at radius 3 is 2.82 bits per heavy atom. The fourth-order valence-electron chi connectivity index (χ4n) is 2.95. The number of hydrogen-bond acceptors (Lipinski definition) is 4. The number of hydrogen-bond donors (Lipinski definition) is 1. The van der Waals surface area contributed by atoms with Crippen LogP contribution in [0.3, 0.4) is 0 Å². The van der Waals surface area contributed by atoms with Gasteiger partial charge in [0.15, 0.2) is 0 Å². The van der Waals surface area contributed by atoms with Crippen LogP contribution in [-0.4, -0.2) is 40.6 Å². The standard InChI is InChI=1S/C17H20N2O2S/c1-19(10-13-8-5-9-15(13)20)17(21)14-11-22-16(18-14)12-6-3-2-4-7-12/h2-4,6-7,11,13,15,20H,5,8-10H2,1H3. The topological polar surface area (TPSA) is 53.4 Å². The molecule has 2 aromatic rings. The number of benzene rings is 1.